The van der Waals surface area contributed by atoms with Gasteiger partial charge in [0.15, 0.2) is 0 Å². The lowest BCUT2D eigenvalue weighted by Crippen LogP contribution is -2.41. The molecule has 0 radical (unpaired) electrons. The molecule has 0 spiro atoms. The Kier molecular flexibility index (Phi) is 4.51. The maximum absolute atomic E-state index is 11.4. The zero-order valence-corrected chi connectivity index (χ0v) is 13.1. The Labute approximate surface area is 124 Å². The van der Waals surface area contributed by atoms with Gasteiger partial charge in [-0.05, 0) is 25.0 Å². The number of rotatable bonds is 4. The number of hydrogen-bond donors (Lipinski definition) is 2. The van der Waals surface area contributed by atoms with Crippen LogP contribution in [0.3, 0.4) is 0 Å². The second-order valence-electron chi connectivity index (χ2n) is 4.93. The van der Waals surface area contributed by atoms with E-state index in [-0.39, 0.29) is 10.9 Å². The maximum atomic E-state index is 11.4. The first-order chi connectivity index (χ1) is 9.66. The van der Waals surface area contributed by atoms with E-state index < -0.39 is 20.1 Å². The Hall–Kier alpha value is -1.23. The van der Waals surface area contributed by atoms with E-state index in [4.69, 9.17) is 4.55 Å². The van der Waals surface area contributed by atoms with Gasteiger partial charge in [0.05, 0.1) is 12.5 Å². The topological polar surface area (TPSA) is 117 Å². The number of sulfonamides is 1. The summed E-state index contributed by atoms with van der Waals surface area (Å²) >= 11 is 0. The van der Waals surface area contributed by atoms with E-state index in [1.54, 1.807) is 0 Å². The highest BCUT2D eigenvalue weighted by Crippen LogP contribution is 2.18. The van der Waals surface area contributed by atoms with Gasteiger partial charge in [-0.15, -0.1) is 0 Å². The lowest BCUT2D eigenvalue weighted by atomic mass is 10.1. The minimum atomic E-state index is -4.24. The van der Waals surface area contributed by atoms with Crippen molar-refractivity contribution >= 4 is 26.0 Å². The van der Waals surface area contributed by atoms with Gasteiger partial charge in [-0.1, -0.05) is 0 Å². The van der Waals surface area contributed by atoms with Crippen LogP contribution in [0.25, 0.3) is 0 Å². The van der Waals surface area contributed by atoms with Crippen LogP contribution in [0.15, 0.2) is 23.2 Å². The van der Waals surface area contributed by atoms with E-state index in [0.717, 1.165) is 6.20 Å². The zero-order valence-electron chi connectivity index (χ0n) is 11.4. The summed E-state index contributed by atoms with van der Waals surface area (Å²) in [6.07, 6.45) is 3.56. The van der Waals surface area contributed by atoms with E-state index in [1.165, 1.54) is 22.7 Å². The van der Waals surface area contributed by atoms with Crippen LogP contribution in [0.5, 0.6) is 0 Å². The van der Waals surface area contributed by atoms with Crippen LogP contribution in [-0.4, -0.2) is 56.1 Å². The van der Waals surface area contributed by atoms with Gasteiger partial charge in [0, 0.05) is 19.1 Å². The molecular weight excluding hydrogens is 318 g/mol. The van der Waals surface area contributed by atoms with Crippen molar-refractivity contribution in [1.29, 1.82) is 0 Å². The molecule has 0 atom stereocenters. The Morgan fingerprint density at radius 2 is 1.86 bits per heavy atom. The smallest absolute Gasteiger partial charge is 0.296 e. The normalized spacial score (nSPS) is 18.6. The van der Waals surface area contributed by atoms with E-state index in [2.05, 4.69) is 10.3 Å². The first-order valence-electron chi connectivity index (χ1n) is 6.31. The van der Waals surface area contributed by atoms with E-state index in [9.17, 15) is 16.8 Å². The molecule has 2 heterocycles. The highest BCUT2D eigenvalue weighted by Gasteiger charge is 2.24. The lowest BCUT2D eigenvalue weighted by Gasteiger charge is -2.30. The molecule has 21 heavy (non-hydrogen) atoms. The SMILES string of the molecule is CS(=O)(=O)N1CCC(Nc2ccc(S(=O)(=O)O)cn2)CC1. The van der Waals surface area contributed by atoms with Gasteiger partial charge < -0.3 is 5.32 Å². The van der Waals surface area contributed by atoms with E-state index >= 15 is 0 Å². The number of aromatic nitrogens is 1. The molecule has 0 aliphatic carbocycles. The van der Waals surface area contributed by atoms with Crippen LogP contribution in [0.4, 0.5) is 5.82 Å². The third-order valence-corrected chi connectivity index (χ3v) is 5.45. The van der Waals surface area contributed by atoms with Crippen molar-refractivity contribution in [2.45, 2.75) is 23.8 Å². The van der Waals surface area contributed by atoms with Gasteiger partial charge in [0.1, 0.15) is 10.7 Å². The zero-order chi connectivity index (χ0) is 15.7. The molecule has 0 aromatic carbocycles. The molecule has 1 aromatic heterocycles. The van der Waals surface area contributed by atoms with Crippen molar-refractivity contribution in [2.24, 2.45) is 0 Å². The molecule has 2 rings (SSSR count). The summed E-state index contributed by atoms with van der Waals surface area (Å²) in [6.45, 7) is 0.888. The molecule has 0 unspecified atom stereocenters. The van der Waals surface area contributed by atoms with E-state index in [0.29, 0.717) is 31.7 Å². The molecule has 0 saturated carbocycles. The molecule has 2 N–H and O–H groups in total. The first-order valence-corrected chi connectivity index (χ1v) is 9.60. The molecule has 1 saturated heterocycles. The van der Waals surface area contributed by atoms with E-state index in [1.807, 2.05) is 0 Å². The number of piperidine rings is 1. The predicted molar refractivity (Wildman–Crippen MR) is 77.1 cm³/mol. The summed E-state index contributed by atoms with van der Waals surface area (Å²) in [4.78, 5) is 3.66. The van der Waals surface area contributed by atoms with Crippen LogP contribution in [0.2, 0.25) is 0 Å². The summed E-state index contributed by atoms with van der Waals surface area (Å²) in [5, 5.41) is 3.12. The molecule has 1 aromatic rings. The standard InChI is InChI=1S/C11H17N3O5S2/c1-20(15,16)14-6-4-9(5-7-14)13-11-3-2-10(8-12-11)21(17,18)19/h2-3,8-9H,4-7H2,1H3,(H,12,13)(H,17,18,19). The molecule has 8 nitrogen and oxygen atoms in total. The molecule has 10 heteroatoms. The molecule has 1 aliphatic heterocycles. The quantitative estimate of drug-likeness (QED) is 0.753. The largest absolute Gasteiger partial charge is 0.367 e. The minimum absolute atomic E-state index is 0.0760. The van der Waals surface area contributed by atoms with Crippen molar-refractivity contribution in [2.75, 3.05) is 24.7 Å². The average Bonchev–Trinajstić information content (AvgIpc) is 2.38. The second-order valence-corrected chi connectivity index (χ2v) is 8.34. The fourth-order valence-corrected chi connectivity index (χ4v) is 3.46. The van der Waals surface area contributed by atoms with Crippen LogP contribution in [0.1, 0.15) is 12.8 Å². The molecular formula is C11H17N3O5S2. The van der Waals surface area contributed by atoms with Gasteiger partial charge in [-0.3, -0.25) is 4.55 Å². The van der Waals surface area contributed by atoms with Crippen molar-refractivity contribution in [3.63, 3.8) is 0 Å². The minimum Gasteiger partial charge on any atom is -0.367 e. The fraction of sp³-hybridized carbons (Fsp3) is 0.545. The molecule has 0 bridgehead atoms. The summed E-state index contributed by atoms with van der Waals surface area (Å²) in [7, 11) is -7.39. The van der Waals surface area contributed by atoms with Crippen molar-refractivity contribution in [3.8, 4) is 0 Å². The predicted octanol–water partition coefficient (Wildman–Crippen LogP) is 0.164. The number of nitrogens with one attached hydrogen (secondary N) is 1. The van der Waals surface area contributed by atoms with Gasteiger partial charge >= 0.3 is 0 Å². The fourth-order valence-electron chi connectivity index (χ4n) is 2.16. The second kappa shape index (κ2) is 5.87. The number of hydrogen-bond acceptors (Lipinski definition) is 6. The summed E-state index contributed by atoms with van der Waals surface area (Å²) in [5.74, 6) is 0.486. The lowest BCUT2D eigenvalue weighted by molar-refractivity contribution is 0.331. The van der Waals surface area contributed by atoms with Crippen LogP contribution in [0, 0.1) is 0 Å². The maximum Gasteiger partial charge on any atom is 0.296 e. The van der Waals surface area contributed by atoms with Crippen LogP contribution >= 0.6 is 0 Å². The van der Waals surface area contributed by atoms with Gasteiger partial charge in [0.25, 0.3) is 10.1 Å². The first kappa shape index (κ1) is 16.1. The Morgan fingerprint density at radius 3 is 2.29 bits per heavy atom. The summed E-state index contributed by atoms with van der Waals surface area (Å²) in [6, 6.07) is 2.80. The summed E-state index contributed by atoms with van der Waals surface area (Å²) in [5.41, 5.74) is 0. The Bertz CT molecular complexity index is 692. The monoisotopic (exact) mass is 335 g/mol. The molecule has 0 amide bonds. The number of anilines is 1. The molecule has 1 aliphatic rings. The van der Waals surface area contributed by atoms with Crippen molar-refractivity contribution in [1.82, 2.24) is 9.29 Å². The van der Waals surface area contributed by atoms with Gasteiger partial charge in [0.2, 0.25) is 10.0 Å². The summed E-state index contributed by atoms with van der Waals surface area (Å²) < 4.78 is 54.9. The number of pyridine rings is 1. The van der Waals surface area contributed by atoms with Gasteiger partial charge in [-0.2, -0.15) is 8.42 Å². The average molecular weight is 335 g/mol. The Balaban J connectivity index is 1.95. The number of nitrogens with zero attached hydrogens (tertiary/aromatic N) is 2. The van der Waals surface area contributed by atoms with Gasteiger partial charge in [-0.25, -0.2) is 17.7 Å². The van der Waals surface area contributed by atoms with Crippen LogP contribution < -0.4 is 5.32 Å². The highest BCUT2D eigenvalue weighted by atomic mass is 32.2. The molecule has 118 valence electrons. The van der Waals surface area contributed by atoms with Crippen LogP contribution in [-0.2, 0) is 20.1 Å². The third kappa shape index (κ3) is 4.37. The highest BCUT2D eigenvalue weighted by molar-refractivity contribution is 7.88. The van der Waals surface area contributed by atoms with Crippen molar-refractivity contribution in [3.05, 3.63) is 18.3 Å². The third-order valence-electron chi connectivity index (χ3n) is 3.31. The molecule has 1 fully saturated rings. The Morgan fingerprint density at radius 1 is 1.24 bits per heavy atom. The van der Waals surface area contributed by atoms with Crippen molar-refractivity contribution < 1.29 is 21.4 Å².